The highest BCUT2D eigenvalue weighted by Crippen LogP contribution is 2.22. The summed E-state index contributed by atoms with van der Waals surface area (Å²) >= 11 is 0. The van der Waals surface area contributed by atoms with Gasteiger partial charge in [-0.05, 0) is 60.8 Å². The van der Waals surface area contributed by atoms with Gasteiger partial charge in [0, 0.05) is 6.04 Å². The molecule has 4 heteroatoms. The maximum atomic E-state index is 13.5. The highest BCUT2D eigenvalue weighted by molar-refractivity contribution is 5.29. The molecule has 21 heavy (non-hydrogen) atoms. The first-order valence-electron chi connectivity index (χ1n) is 6.94. The van der Waals surface area contributed by atoms with Crippen molar-refractivity contribution in [2.45, 2.75) is 26.3 Å². The van der Waals surface area contributed by atoms with Gasteiger partial charge in [0.05, 0.1) is 0 Å². The predicted molar refractivity (Wildman–Crippen MR) is 77.6 cm³/mol. The van der Waals surface area contributed by atoms with E-state index in [1.807, 2.05) is 19.9 Å². The van der Waals surface area contributed by atoms with E-state index >= 15 is 0 Å². The van der Waals surface area contributed by atoms with Crippen LogP contribution < -0.4 is 5.32 Å². The van der Waals surface area contributed by atoms with Crippen molar-refractivity contribution in [1.29, 1.82) is 0 Å². The number of hydrogen-bond donors (Lipinski definition) is 1. The van der Waals surface area contributed by atoms with Gasteiger partial charge in [0.1, 0.15) is 5.82 Å². The van der Waals surface area contributed by atoms with E-state index in [1.54, 1.807) is 6.07 Å². The fourth-order valence-electron chi connectivity index (χ4n) is 2.42. The number of halogens is 3. The van der Waals surface area contributed by atoms with Gasteiger partial charge in [0.25, 0.3) is 0 Å². The van der Waals surface area contributed by atoms with Crippen molar-refractivity contribution in [3.8, 4) is 0 Å². The summed E-state index contributed by atoms with van der Waals surface area (Å²) in [7, 11) is 0. The first-order chi connectivity index (χ1) is 9.99. The maximum Gasteiger partial charge on any atom is 0.159 e. The normalized spacial score (nSPS) is 12.4. The summed E-state index contributed by atoms with van der Waals surface area (Å²) in [6.07, 6.45) is 0.466. The zero-order valence-corrected chi connectivity index (χ0v) is 12.1. The molecule has 0 heterocycles. The van der Waals surface area contributed by atoms with Crippen molar-refractivity contribution in [3.05, 3.63) is 70.5 Å². The molecule has 0 fully saturated rings. The topological polar surface area (TPSA) is 12.0 Å². The first kappa shape index (κ1) is 15.6. The Morgan fingerprint density at radius 2 is 1.76 bits per heavy atom. The second-order valence-corrected chi connectivity index (χ2v) is 5.12. The number of hydrogen-bond acceptors (Lipinski definition) is 1. The van der Waals surface area contributed by atoms with Gasteiger partial charge in [-0.1, -0.05) is 19.1 Å². The first-order valence-corrected chi connectivity index (χ1v) is 6.94. The molecule has 2 aromatic carbocycles. The quantitative estimate of drug-likeness (QED) is 0.866. The van der Waals surface area contributed by atoms with Gasteiger partial charge in [-0.3, -0.25) is 0 Å². The monoisotopic (exact) mass is 293 g/mol. The number of rotatable bonds is 5. The summed E-state index contributed by atoms with van der Waals surface area (Å²) in [4.78, 5) is 0. The zero-order chi connectivity index (χ0) is 15.4. The second-order valence-electron chi connectivity index (χ2n) is 5.12. The summed E-state index contributed by atoms with van der Waals surface area (Å²) in [6.45, 7) is 4.47. The van der Waals surface area contributed by atoms with E-state index in [9.17, 15) is 13.2 Å². The molecule has 0 saturated carbocycles. The Morgan fingerprint density at radius 3 is 2.38 bits per heavy atom. The number of nitrogens with one attached hydrogen (secondary N) is 1. The van der Waals surface area contributed by atoms with Crippen molar-refractivity contribution in [2.75, 3.05) is 6.54 Å². The molecule has 0 spiro atoms. The lowest BCUT2D eigenvalue weighted by atomic mass is 9.97. The van der Waals surface area contributed by atoms with Gasteiger partial charge in [0.2, 0.25) is 0 Å². The molecule has 0 radical (unpaired) electrons. The minimum atomic E-state index is -0.863. The van der Waals surface area contributed by atoms with Crippen LogP contribution in [-0.4, -0.2) is 6.54 Å². The molecule has 112 valence electrons. The lowest BCUT2D eigenvalue weighted by Crippen LogP contribution is -2.23. The third-order valence-corrected chi connectivity index (χ3v) is 3.34. The molecule has 1 nitrogen and oxygen atoms in total. The fraction of sp³-hybridized carbons (Fsp3) is 0.294. The van der Waals surface area contributed by atoms with E-state index in [0.717, 1.165) is 17.2 Å². The van der Waals surface area contributed by atoms with Crippen molar-refractivity contribution in [3.63, 3.8) is 0 Å². The highest BCUT2D eigenvalue weighted by atomic mass is 19.2. The van der Waals surface area contributed by atoms with Crippen LogP contribution in [0.4, 0.5) is 13.2 Å². The Hall–Kier alpha value is -1.81. The molecule has 1 N–H and O–H groups in total. The molecule has 0 aliphatic carbocycles. The molecular formula is C17H18F3N. The Morgan fingerprint density at radius 1 is 1.00 bits per heavy atom. The molecule has 0 amide bonds. The van der Waals surface area contributed by atoms with Crippen molar-refractivity contribution in [1.82, 2.24) is 5.32 Å². The molecule has 0 bridgehead atoms. The molecule has 2 aromatic rings. The van der Waals surface area contributed by atoms with Crippen LogP contribution in [0.3, 0.4) is 0 Å². The zero-order valence-electron chi connectivity index (χ0n) is 12.1. The largest absolute Gasteiger partial charge is 0.310 e. The highest BCUT2D eigenvalue weighted by Gasteiger charge is 2.14. The van der Waals surface area contributed by atoms with Crippen LogP contribution in [0.15, 0.2) is 36.4 Å². The summed E-state index contributed by atoms with van der Waals surface area (Å²) in [6, 6.07) is 8.54. The van der Waals surface area contributed by atoms with Gasteiger partial charge in [-0.25, -0.2) is 13.2 Å². The third-order valence-electron chi connectivity index (χ3n) is 3.34. The number of likely N-dealkylation sites (N-methyl/N-ethyl adjacent to an activating group) is 1. The summed E-state index contributed by atoms with van der Waals surface area (Å²) in [5.41, 5.74) is 2.30. The maximum absolute atomic E-state index is 13.5. The van der Waals surface area contributed by atoms with Gasteiger partial charge < -0.3 is 5.32 Å². The standard InChI is InChI=1S/C17H18F3N/c1-3-21-17(13-6-11(2)7-14(18)10-13)9-12-4-5-15(19)16(20)8-12/h4-8,10,17,21H,3,9H2,1-2H3. The number of aryl methyl sites for hydroxylation is 1. The van der Waals surface area contributed by atoms with Gasteiger partial charge in [-0.15, -0.1) is 0 Å². The fourth-order valence-corrected chi connectivity index (χ4v) is 2.42. The number of benzene rings is 2. The Labute approximate surface area is 122 Å². The van der Waals surface area contributed by atoms with Crippen molar-refractivity contribution < 1.29 is 13.2 Å². The van der Waals surface area contributed by atoms with Crippen LogP contribution in [0, 0.1) is 24.4 Å². The van der Waals surface area contributed by atoms with Crippen LogP contribution in [-0.2, 0) is 6.42 Å². The van der Waals surface area contributed by atoms with E-state index in [-0.39, 0.29) is 11.9 Å². The average molecular weight is 293 g/mol. The van der Waals surface area contributed by atoms with Crippen molar-refractivity contribution in [2.24, 2.45) is 0 Å². The predicted octanol–water partition coefficient (Wildman–Crippen LogP) is 4.31. The smallest absolute Gasteiger partial charge is 0.159 e. The lowest BCUT2D eigenvalue weighted by Gasteiger charge is -2.19. The second kappa shape index (κ2) is 6.76. The van der Waals surface area contributed by atoms with E-state index in [2.05, 4.69) is 5.32 Å². The molecule has 0 aliphatic rings. The lowest BCUT2D eigenvalue weighted by molar-refractivity contribution is 0.502. The molecule has 0 aliphatic heterocycles. The molecular weight excluding hydrogens is 275 g/mol. The van der Waals surface area contributed by atoms with Gasteiger partial charge in [0.15, 0.2) is 11.6 Å². The van der Waals surface area contributed by atoms with Crippen LogP contribution in [0.25, 0.3) is 0 Å². The molecule has 1 unspecified atom stereocenters. The van der Waals surface area contributed by atoms with Gasteiger partial charge in [-0.2, -0.15) is 0 Å². The molecule has 2 rings (SSSR count). The Bertz CT molecular complexity index is 605. The SMILES string of the molecule is CCNC(Cc1ccc(F)c(F)c1)c1cc(C)cc(F)c1. The minimum absolute atomic E-state index is 0.144. The van der Waals surface area contributed by atoms with Crippen molar-refractivity contribution >= 4 is 0 Å². The molecule has 0 saturated heterocycles. The van der Waals surface area contributed by atoms with E-state index in [1.165, 1.54) is 18.2 Å². The summed E-state index contributed by atoms with van der Waals surface area (Å²) < 4.78 is 39.8. The Kier molecular flexibility index (Phi) is 5.02. The van der Waals surface area contributed by atoms with E-state index in [4.69, 9.17) is 0 Å². The van der Waals surface area contributed by atoms with Crippen LogP contribution in [0.1, 0.15) is 29.7 Å². The summed E-state index contributed by atoms with van der Waals surface area (Å²) in [5.74, 6) is -2.02. The van der Waals surface area contributed by atoms with Crippen LogP contribution in [0.5, 0.6) is 0 Å². The summed E-state index contributed by atoms with van der Waals surface area (Å²) in [5, 5.41) is 3.25. The average Bonchev–Trinajstić information content (AvgIpc) is 2.41. The molecule has 0 aromatic heterocycles. The third kappa shape index (κ3) is 4.08. The van der Waals surface area contributed by atoms with E-state index in [0.29, 0.717) is 18.5 Å². The minimum Gasteiger partial charge on any atom is -0.310 e. The Balaban J connectivity index is 2.27. The van der Waals surface area contributed by atoms with Gasteiger partial charge >= 0.3 is 0 Å². The van der Waals surface area contributed by atoms with Crippen LogP contribution in [0.2, 0.25) is 0 Å². The van der Waals surface area contributed by atoms with E-state index < -0.39 is 11.6 Å². The molecule has 1 atom stereocenters. The van der Waals surface area contributed by atoms with Crippen LogP contribution >= 0.6 is 0 Å².